The zero-order valence-electron chi connectivity index (χ0n) is 20.0. The molecule has 2 aromatic carbocycles. The minimum Gasteiger partial charge on any atom is -0.354 e. The van der Waals surface area contributed by atoms with Gasteiger partial charge in [0.1, 0.15) is 12.6 Å². The second-order valence-corrected chi connectivity index (χ2v) is 11.4. The summed E-state index contributed by atoms with van der Waals surface area (Å²) in [5.41, 5.74) is 1.69. The van der Waals surface area contributed by atoms with Crippen molar-refractivity contribution in [2.45, 2.75) is 40.3 Å². The molecule has 2 aromatic rings. The topological polar surface area (TPSA) is 86.8 Å². The van der Waals surface area contributed by atoms with Gasteiger partial charge in [0.2, 0.25) is 21.8 Å². The lowest BCUT2D eigenvalue weighted by Crippen LogP contribution is -2.51. The van der Waals surface area contributed by atoms with Crippen molar-refractivity contribution in [2.75, 3.05) is 23.7 Å². The van der Waals surface area contributed by atoms with Crippen LogP contribution >= 0.6 is 23.2 Å². The molecule has 0 fully saturated rings. The van der Waals surface area contributed by atoms with Gasteiger partial charge in [-0.15, -0.1) is 0 Å². The first kappa shape index (κ1) is 28.0. The molecule has 34 heavy (non-hydrogen) atoms. The lowest BCUT2D eigenvalue weighted by Gasteiger charge is -2.32. The number of anilines is 1. The summed E-state index contributed by atoms with van der Waals surface area (Å²) in [6.07, 6.45) is 1.02. The van der Waals surface area contributed by atoms with Crippen LogP contribution in [0.3, 0.4) is 0 Å². The highest BCUT2D eigenvalue weighted by molar-refractivity contribution is 7.92. The summed E-state index contributed by atoms with van der Waals surface area (Å²) in [5.74, 6) is -0.650. The van der Waals surface area contributed by atoms with E-state index < -0.39 is 28.5 Å². The van der Waals surface area contributed by atoms with Crippen molar-refractivity contribution in [3.63, 3.8) is 0 Å². The van der Waals surface area contributed by atoms with Crippen LogP contribution in [0.15, 0.2) is 42.5 Å². The van der Waals surface area contributed by atoms with Crippen molar-refractivity contribution in [3.05, 3.63) is 63.6 Å². The molecule has 1 atom stereocenters. The van der Waals surface area contributed by atoms with Crippen molar-refractivity contribution in [1.29, 1.82) is 0 Å². The van der Waals surface area contributed by atoms with E-state index in [-0.39, 0.29) is 24.1 Å². The summed E-state index contributed by atoms with van der Waals surface area (Å²) < 4.78 is 26.2. The maximum atomic E-state index is 13.5. The summed E-state index contributed by atoms with van der Waals surface area (Å²) in [4.78, 5) is 27.6. The molecule has 7 nitrogen and oxygen atoms in total. The van der Waals surface area contributed by atoms with Gasteiger partial charge >= 0.3 is 0 Å². The van der Waals surface area contributed by atoms with E-state index in [1.807, 2.05) is 13.8 Å². The number of rotatable bonds is 10. The van der Waals surface area contributed by atoms with Crippen LogP contribution in [0, 0.1) is 12.8 Å². The van der Waals surface area contributed by atoms with E-state index in [1.54, 1.807) is 50.2 Å². The Morgan fingerprint density at radius 3 is 2.24 bits per heavy atom. The molecule has 0 radical (unpaired) electrons. The Morgan fingerprint density at radius 2 is 1.68 bits per heavy atom. The van der Waals surface area contributed by atoms with Crippen molar-refractivity contribution < 1.29 is 18.0 Å². The van der Waals surface area contributed by atoms with E-state index in [2.05, 4.69) is 5.32 Å². The predicted octanol–water partition coefficient (Wildman–Crippen LogP) is 4.26. The van der Waals surface area contributed by atoms with Gasteiger partial charge in [-0.2, -0.15) is 0 Å². The predicted molar refractivity (Wildman–Crippen MR) is 138 cm³/mol. The fourth-order valence-corrected chi connectivity index (χ4v) is 4.41. The summed E-state index contributed by atoms with van der Waals surface area (Å²) >= 11 is 12.5. The van der Waals surface area contributed by atoms with Crippen LogP contribution in [0.2, 0.25) is 10.0 Å². The van der Waals surface area contributed by atoms with Gasteiger partial charge in [-0.25, -0.2) is 8.42 Å². The first-order valence-corrected chi connectivity index (χ1v) is 13.5. The molecule has 0 heterocycles. The highest BCUT2D eigenvalue weighted by Crippen LogP contribution is 2.26. The normalized spacial score (nSPS) is 12.4. The van der Waals surface area contributed by atoms with Gasteiger partial charge in [-0.3, -0.25) is 13.9 Å². The largest absolute Gasteiger partial charge is 0.354 e. The van der Waals surface area contributed by atoms with Crippen LogP contribution in [-0.4, -0.2) is 50.5 Å². The van der Waals surface area contributed by atoms with Gasteiger partial charge in [0.25, 0.3) is 0 Å². The number of carbonyl (C=O) groups excluding carboxylic acids is 2. The molecular formula is C24H31Cl2N3O4S. The van der Waals surface area contributed by atoms with E-state index in [1.165, 1.54) is 11.0 Å². The Kier molecular flexibility index (Phi) is 9.79. The van der Waals surface area contributed by atoms with Gasteiger partial charge in [0, 0.05) is 23.1 Å². The molecule has 0 bridgehead atoms. The summed E-state index contributed by atoms with van der Waals surface area (Å²) in [6.45, 7) is 7.34. The van der Waals surface area contributed by atoms with Gasteiger partial charge in [-0.1, -0.05) is 61.3 Å². The van der Waals surface area contributed by atoms with Gasteiger partial charge < -0.3 is 10.2 Å². The summed E-state index contributed by atoms with van der Waals surface area (Å²) in [7, 11) is -3.82. The highest BCUT2D eigenvalue weighted by Gasteiger charge is 2.30. The fourth-order valence-electron chi connectivity index (χ4n) is 3.20. The zero-order valence-corrected chi connectivity index (χ0v) is 22.3. The molecule has 0 aliphatic rings. The number of aryl methyl sites for hydroxylation is 1. The number of nitrogens with zero attached hydrogens (tertiary/aromatic N) is 2. The molecule has 0 aromatic heterocycles. The third-order valence-electron chi connectivity index (χ3n) is 5.27. The Bertz CT molecular complexity index is 1140. The number of benzene rings is 2. The van der Waals surface area contributed by atoms with Crippen molar-refractivity contribution >= 4 is 50.7 Å². The SMILES string of the molecule is Cc1ccc(N(CC(=O)N(Cc2ccccc2Cl)C(C)C(=O)NCC(C)C)S(C)(=O)=O)cc1Cl. The number of hydrogen-bond acceptors (Lipinski definition) is 4. The van der Waals surface area contributed by atoms with Crippen molar-refractivity contribution in [1.82, 2.24) is 10.2 Å². The second kappa shape index (κ2) is 11.9. The molecule has 1 N–H and O–H groups in total. The third-order valence-corrected chi connectivity index (χ3v) is 7.19. The van der Waals surface area contributed by atoms with Crippen LogP contribution in [0.25, 0.3) is 0 Å². The van der Waals surface area contributed by atoms with Crippen LogP contribution in [0.5, 0.6) is 0 Å². The average Bonchev–Trinajstić information content (AvgIpc) is 2.75. The quantitative estimate of drug-likeness (QED) is 0.500. The number of sulfonamides is 1. The van der Waals surface area contributed by atoms with Gasteiger partial charge in [-0.05, 0) is 49.1 Å². The molecular weight excluding hydrogens is 497 g/mol. The smallest absolute Gasteiger partial charge is 0.244 e. The number of amides is 2. The number of halogens is 2. The number of nitrogens with one attached hydrogen (secondary N) is 1. The average molecular weight is 529 g/mol. The standard InChI is InChI=1S/C24H31Cl2N3O4S/c1-16(2)13-27-24(31)18(4)28(14-19-8-6-7-9-21(19)25)23(30)15-29(34(5,32)33)20-11-10-17(3)22(26)12-20/h6-12,16,18H,13-15H2,1-5H3,(H,27,31). The molecule has 2 amide bonds. The van der Waals surface area contributed by atoms with Crippen molar-refractivity contribution in [2.24, 2.45) is 5.92 Å². The zero-order chi connectivity index (χ0) is 25.6. The molecule has 10 heteroatoms. The first-order valence-electron chi connectivity index (χ1n) is 10.9. The molecule has 186 valence electrons. The molecule has 0 saturated carbocycles. The van der Waals surface area contributed by atoms with Crippen molar-refractivity contribution in [3.8, 4) is 0 Å². The number of carbonyl (C=O) groups is 2. The third kappa shape index (κ3) is 7.61. The monoisotopic (exact) mass is 527 g/mol. The summed E-state index contributed by atoms with van der Waals surface area (Å²) in [6, 6.07) is 10.9. The minimum absolute atomic E-state index is 0.0427. The maximum Gasteiger partial charge on any atom is 0.244 e. The van der Waals surface area contributed by atoms with E-state index in [0.29, 0.717) is 22.2 Å². The highest BCUT2D eigenvalue weighted by atomic mass is 35.5. The molecule has 0 aliphatic carbocycles. The maximum absolute atomic E-state index is 13.5. The Labute approximate surface area is 212 Å². The molecule has 1 unspecified atom stereocenters. The van der Waals surface area contributed by atoms with Crippen LogP contribution in [0.4, 0.5) is 5.69 Å². The van der Waals surface area contributed by atoms with E-state index in [4.69, 9.17) is 23.2 Å². The second-order valence-electron chi connectivity index (χ2n) is 8.63. The Morgan fingerprint density at radius 1 is 1.03 bits per heavy atom. The minimum atomic E-state index is -3.82. The van der Waals surface area contributed by atoms with Gasteiger partial charge in [0.05, 0.1) is 11.9 Å². The molecule has 0 spiro atoms. The Hall–Kier alpha value is -2.29. The van der Waals surface area contributed by atoms with E-state index in [0.717, 1.165) is 16.1 Å². The first-order chi connectivity index (χ1) is 15.8. The molecule has 2 rings (SSSR count). The molecule has 0 saturated heterocycles. The van der Waals surface area contributed by atoms with Gasteiger partial charge in [0.15, 0.2) is 0 Å². The van der Waals surface area contributed by atoms with Crippen LogP contribution in [0.1, 0.15) is 31.9 Å². The fraction of sp³-hybridized carbons (Fsp3) is 0.417. The van der Waals surface area contributed by atoms with Crippen LogP contribution < -0.4 is 9.62 Å². The summed E-state index contributed by atoms with van der Waals surface area (Å²) in [5, 5.41) is 3.66. The van der Waals surface area contributed by atoms with E-state index >= 15 is 0 Å². The van der Waals surface area contributed by atoms with E-state index in [9.17, 15) is 18.0 Å². The molecule has 0 aliphatic heterocycles. The number of hydrogen-bond donors (Lipinski definition) is 1. The lowest BCUT2D eigenvalue weighted by atomic mass is 10.1. The Balaban J connectivity index is 2.40. The lowest BCUT2D eigenvalue weighted by molar-refractivity contribution is -0.139. The van der Waals surface area contributed by atoms with Crippen LogP contribution in [-0.2, 0) is 26.2 Å².